The first-order valence-corrected chi connectivity index (χ1v) is 8.17. The molecule has 0 aliphatic heterocycles. The number of tetrazole rings is 1. The van der Waals surface area contributed by atoms with Crippen LogP contribution in [0.4, 0.5) is 14.5 Å². The molecule has 0 saturated carbocycles. The van der Waals surface area contributed by atoms with Gasteiger partial charge in [-0.1, -0.05) is 23.8 Å². The number of ether oxygens (including phenoxy) is 1. The van der Waals surface area contributed by atoms with Crippen molar-refractivity contribution in [1.29, 1.82) is 0 Å². The summed E-state index contributed by atoms with van der Waals surface area (Å²) in [4.78, 5) is 13.2. The highest BCUT2D eigenvalue weighted by atomic mass is 35.5. The van der Waals surface area contributed by atoms with Gasteiger partial charge < -0.3 is 10.1 Å². The minimum atomic E-state index is -3.79. The van der Waals surface area contributed by atoms with Crippen LogP contribution >= 0.6 is 11.6 Å². The number of hydrogen-bond donors (Lipinski definition) is 1. The van der Waals surface area contributed by atoms with Crippen molar-refractivity contribution in [2.24, 2.45) is 0 Å². The minimum absolute atomic E-state index is 0.131. The van der Waals surface area contributed by atoms with Crippen LogP contribution in [-0.4, -0.2) is 31.7 Å². The summed E-state index contributed by atoms with van der Waals surface area (Å²) in [5.41, 5.74) is -1.54. The van der Waals surface area contributed by atoms with Crippen LogP contribution in [0.25, 0.3) is 11.4 Å². The van der Waals surface area contributed by atoms with Crippen molar-refractivity contribution in [3.8, 4) is 17.1 Å². The van der Waals surface area contributed by atoms with Crippen LogP contribution < -0.4 is 10.1 Å². The molecule has 1 N–H and O–H groups in total. The number of rotatable bonds is 6. The molecule has 10 heteroatoms. The van der Waals surface area contributed by atoms with Gasteiger partial charge in [0.1, 0.15) is 12.3 Å². The average Bonchev–Trinajstić information content (AvgIpc) is 3.04. The van der Waals surface area contributed by atoms with Crippen LogP contribution in [0.15, 0.2) is 48.5 Å². The van der Waals surface area contributed by atoms with Crippen LogP contribution in [0.1, 0.15) is 5.56 Å². The molecular formula is C17H14ClF2N5O2. The van der Waals surface area contributed by atoms with E-state index in [1.807, 2.05) is 31.2 Å². The second kappa shape index (κ2) is 7.67. The van der Waals surface area contributed by atoms with Crippen molar-refractivity contribution in [2.45, 2.75) is 19.0 Å². The molecule has 2 aromatic carbocycles. The predicted octanol–water partition coefficient (Wildman–Crippen LogP) is 3.46. The lowest BCUT2D eigenvalue weighted by atomic mass is 10.1. The van der Waals surface area contributed by atoms with Gasteiger partial charge in [-0.3, -0.25) is 4.79 Å². The topological polar surface area (TPSA) is 81.9 Å². The van der Waals surface area contributed by atoms with Crippen molar-refractivity contribution >= 4 is 23.2 Å². The van der Waals surface area contributed by atoms with Crippen molar-refractivity contribution in [1.82, 2.24) is 20.2 Å². The van der Waals surface area contributed by atoms with Gasteiger partial charge in [0.05, 0.1) is 0 Å². The number of amides is 1. The molecule has 3 rings (SSSR count). The second-order valence-electron chi connectivity index (χ2n) is 5.63. The molecule has 0 aliphatic carbocycles. The first-order valence-electron chi connectivity index (χ1n) is 7.79. The monoisotopic (exact) mass is 393 g/mol. The quantitative estimate of drug-likeness (QED) is 0.648. The van der Waals surface area contributed by atoms with Crippen molar-refractivity contribution in [3.63, 3.8) is 0 Å². The van der Waals surface area contributed by atoms with Crippen molar-refractivity contribution < 1.29 is 18.3 Å². The van der Waals surface area contributed by atoms with E-state index in [0.717, 1.165) is 11.1 Å². The first-order chi connectivity index (χ1) is 12.8. The maximum Gasteiger partial charge on any atom is 0.487 e. The standard InChI is InChI=1S/C17H14ClF2N5O2/c1-11-3-2-4-12(9-11)16-22-24-25(23-16)10-15(26)21-13-5-7-14(8-6-13)27-17(18,19)20/h2-9H,10H2,1H3,(H,21,26). The summed E-state index contributed by atoms with van der Waals surface area (Å²) in [5, 5.41) is 14.6. The molecule has 0 bridgehead atoms. The number of alkyl halides is 3. The molecule has 0 saturated heterocycles. The zero-order chi connectivity index (χ0) is 19.4. The zero-order valence-corrected chi connectivity index (χ0v) is 14.8. The summed E-state index contributed by atoms with van der Waals surface area (Å²) in [7, 11) is 0. The Morgan fingerprint density at radius 1 is 1.26 bits per heavy atom. The fraction of sp³-hybridized carbons (Fsp3) is 0.176. The number of nitrogens with one attached hydrogen (secondary N) is 1. The summed E-state index contributed by atoms with van der Waals surface area (Å²) in [6, 6.07) is 12.9. The van der Waals surface area contributed by atoms with Crippen LogP contribution in [0.2, 0.25) is 0 Å². The molecule has 7 nitrogen and oxygen atoms in total. The number of aryl methyl sites for hydroxylation is 1. The molecule has 0 fully saturated rings. The highest BCUT2D eigenvalue weighted by Gasteiger charge is 2.27. The van der Waals surface area contributed by atoms with E-state index in [2.05, 4.69) is 37.1 Å². The maximum atomic E-state index is 12.6. The van der Waals surface area contributed by atoms with Gasteiger partial charge in [0.2, 0.25) is 11.7 Å². The third-order valence-electron chi connectivity index (χ3n) is 3.39. The van der Waals surface area contributed by atoms with Gasteiger partial charge in [0, 0.05) is 22.9 Å². The Labute approximate surface area is 157 Å². The average molecular weight is 394 g/mol. The van der Waals surface area contributed by atoms with E-state index >= 15 is 0 Å². The molecular weight excluding hydrogens is 380 g/mol. The Hall–Kier alpha value is -3.07. The van der Waals surface area contributed by atoms with E-state index in [-0.39, 0.29) is 12.3 Å². The lowest BCUT2D eigenvalue weighted by Crippen LogP contribution is -2.20. The fourth-order valence-electron chi connectivity index (χ4n) is 2.28. The van der Waals surface area contributed by atoms with Gasteiger partial charge in [-0.2, -0.15) is 4.80 Å². The molecule has 0 radical (unpaired) electrons. The SMILES string of the molecule is Cc1cccc(-c2nnn(CC(=O)Nc3ccc(OC(F)(F)Cl)cc3)n2)c1. The van der Waals surface area contributed by atoms with E-state index in [1.165, 1.54) is 29.1 Å². The van der Waals surface area contributed by atoms with Gasteiger partial charge in [-0.15, -0.1) is 19.0 Å². The van der Waals surface area contributed by atoms with Crippen molar-refractivity contribution in [2.75, 3.05) is 5.32 Å². The predicted molar refractivity (Wildman–Crippen MR) is 94.5 cm³/mol. The Morgan fingerprint density at radius 2 is 2.00 bits per heavy atom. The highest BCUT2D eigenvalue weighted by Crippen LogP contribution is 2.25. The summed E-state index contributed by atoms with van der Waals surface area (Å²) in [6.07, 6.45) is 0. The first kappa shape index (κ1) is 18.7. The van der Waals surface area contributed by atoms with E-state index in [4.69, 9.17) is 0 Å². The van der Waals surface area contributed by atoms with Crippen LogP contribution in [0.3, 0.4) is 0 Å². The number of benzene rings is 2. The summed E-state index contributed by atoms with van der Waals surface area (Å²) < 4.78 is 29.3. The lowest BCUT2D eigenvalue weighted by Gasteiger charge is -2.11. The van der Waals surface area contributed by atoms with Crippen LogP contribution in [0.5, 0.6) is 5.75 Å². The number of carbonyl (C=O) groups is 1. The van der Waals surface area contributed by atoms with Gasteiger partial charge in [0.25, 0.3) is 0 Å². The summed E-state index contributed by atoms with van der Waals surface area (Å²) in [5.74, 6) is -0.122. The van der Waals surface area contributed by atoms with Crippen LogP contribution in [0, 0.1) is 6.92 Å². The fourth-order valence-corrected chi connectivity index (χ4v) is 2.37. The Balaban J connectivity index is 1.60. The number of aromatic nitrogens is 4. The lowest BCUT2D eigenvalue weighted by molar-refractivity contribution is -0.117. The third-order valence-corrected chi connectivity index (χ3v) is 3.46. The van der Waals surface area contributed by atoms with Gasteiger partial charge in [-0.05, 0) is 42.5 Å². The summed E-state index contributed by atoms with van der Waals surface area (Å²) in [6.45, 7) is 1.79. The third kappa shape index (κ3) is 5.45. The van der Waals surface area contributed by atoms with E-state index in [9.17, 15) is 13.6 Å². The second-order valence-corrected chi connectivity index (χ2v) is 6.07. The molecule has 27 heavy (non-hydrogen) atoms. The van der Waals surface area contributed by atoms with Gasteiger partial charge in [0.15, 0.2) is 0 Å². The summed E-state index contributed by atoms with van der Waals surface area (Å²) >= 11 is 4.69. The van der Waals surface area contributed by atoms with Crippen molar-refractivity contribution in [3.05, 3.63) is 54.1 Å². The molecule has 0 unspecified atom stereocenters. The molecule has 0 atom stereocenters. The molecule has 1 aromatic heterocycles. The van der Waals surface area contributed by atoms with Gasteiger partial charge >= 0.3 is 5.57 Å². The Bertz CT molecular complexity index is 941. The maximum absolute atomic E-state index is 12.6. The zero-order valence-electron chi connectivity index (χ0n) is 14.1. The largest absolute Gasteiger partial charge is 0.487 e. The number of halogens is 3. The Morgan fingerprint density at radius 3 is 2.67 bits per heavy atom. The highest BCUT2D eigenvalue weighted by molar-refractivity contribution is 6.20. The Kier molecular flexibility index (Phi) is 5.31. The normalized spacial score (nSPS) is 11.3. The molecule has 1 heterocycles. The number of hydrogen-bond acceptors (Lipinski definition) is 5. The number of anilines is 1. The van der Waals surface area contributed by atoms with E-state index in [1.54, 1.807) is 0 Å². The number of carbonyl (C=O) groups excluding carboxylic acids is 1. The molecule has 3 aromatic rings. The smallest absolute Gasteiger partial charge is 0.420 e. The number of nitrogens with zero attached hydrogens (tertiary/aromatic N) is 4. The molecule has 0 aliphatic rings. The molecule has 1 amide bonds. The van der Waals surface area contributed by atoms with Gasteiger partial charge in [-0.25, -0.2) is 0 Å². The minimum Gasteiger partial charge on any atom is -0.420 e. The molecule has 0 spiro atoms. The molecule has 140 valence electrons. The van der Waals surface area contributed by atoms with Crippen LogP contribution in [-0.2, 0) is 11.3 Å². The van der Waals surface area contributed by atoms with E-state index in [0.29, 0.717) is 11.5 Å². The van der Waals surface area contributed by atoms with E-state index < -0.39 is 11.5 Å².